The summed E-state index contributed by atoms with van der Waals surface area (Å²) in [5.74, 6) is -0.498. The Balaban J connectivity index is 1.23. The number of nitrogens with zero attached hydrogens (tertiary/aromatic N) is 3. The molecule has 38 heavy (non-hydrogen) atoms. The molecule has 0 saturated carbocycles. The highest BCUT2D eigenvalue weighted by molar-refractivity contribution is 5.88. The highest BCUT2D eigenvalue weighted by atomic mass is 16.6. The normalized spacial score (nSPS) is 12.1. The smallest absolute Gasteiger partial charge is 0.312 e. The van der Waals surface area contributed by atoms with Crippen molar-refractivity contribution >= 4 is 12.2 Å². The van der Waals surface area contributed by atoms with Crippen LogP contribution in [-0.4, -0.2) is 33.7 Å². The van der Waals surface area contributed by atoms with Gasteiger partial charge in [-0.3, -0.25) is 4.79 Å². The number of hydrogen-bond acceptors (Lipinski definition) is 5. The van der Waals surface area contributed by atoms with Crippen LogP contribution in [0, 0.1) is 5.92 Å². The van der Waals surface area contributed by atoms with Crippen molar-refractivity contribution < 1.29 is 19.5 Å². The number of oxime groups is 1. The first kappa shape index (κ1) is 26.7. The number of carboxylic acids is 1. The molecule has 4 rings (SSSR count). The van der Waals surface area contributed by atoms with E-state index in [2.05, 4.69) is 48.4 Å². The van der Waals surface area contributed by atoms with Gasteiger partial charge in [-0.25, -0.2) is 4.68 Å². The lowest BCUT2D eigenvalue weighted by molar-refractivity contribution is -0.139. The highest BCUT2D eigenvalue weighted by Crippen LogP contribution is 2.18. The number of rotatable bonds is 13. The molecule has 0 aliphatic rings. The fraction of sp³-hybridized carbons (Fsp3) is 0.258. The number of hydrogen-bond donors (Lipinski definition) is 1. The van der Waals surface area contributed by atoms with E-state index >= 15 is 0 Å². The van der Waals surface area contributed by atoms with Gasteiger partial charge in [-0.15, -0.1) is 0 Å². The van der Waals surface area contributed by atoms with Gasteiger partial charge in [0.25, 0.3) is 0 Å². The first-order valence-corrected chi connectivity index (χ1v) is 12.8. The maximum Gasteiger partial charge on any atom is 0.312 e. The maximum absolute atomic E-state index is 11.7. The van der Waals surface area contributed by atoms with Crippen LogP contribution in [0.15, 0.2) is 96.4 Å². The Morgan fingerprint density at radius 1 is 0.974 bits per heavy atom. The first-order chi connectivity index (χ1) is 18.5. The molecule has 0 bridgehead atoms. The van der Waals surface area contributed by atoms with Crippen molar-refractivity contribution in [2.75, 3.05) is 6.61 Å². The zero-order valence-electron chi connectivity index (χ0n) is 21.7. The molecule has 0 aliphatic carbocycles. The van der Waals surface area contributed by atoms with Gasteiger partial charge >= 0.3 is 5.97 Å². The minimum Gasteiger partial charge on any atom is -0.493 e. The lowest BCUT2D eigenvalue weighted by Gasteiger charge is -2.09. The Kier molecular flexibility index (Phi) is 9.29. The second kappa shape index (κ2) is 13.2. The molecule has 1 heterocycles. The number of carbonyl (C=O) groups is 1. The molecule has 0 amide bonds. The lowest BCUT2D eigenvalue weighted by atomic mass is 10.0. The molecule has 1 aromatic heterocycles. The molecular weight excluding hydrogens is 478 g/mol. The zero-order valence-corrected chi connectivity index (χ0v) is 21.7. The number of carboxylic acid groups (broad SMARTS) is 1. The predicted octanol–water partition coefficient (Wildman–Crippen LogP) is 6.06. The summed E-state index contributed by atoms with van der Waals surface area (Å²) in [6.07, 6.45) is 6.26. The van der Waals surface area contributed by atoms with Crippen LogP contribution in [0.1, 0.15) is 42.0 Å². The highest BCUT2D eigenvalue weighted by Gasteiger charge is 2.16. The molecule has 3 aromatic carbocycles. The molecule has 0 fully saturated rings. The van der Waals surface area contributed by atoms with Crippen LogP contribution in [-0.2, 0) is 29.1 Å². The largest absolute Gasteiger partial charge is 0.493 e. The van der Waals surface area contributed by atoms with Gasteiger partial charge in [0, 0.05) is 12.6 Å². The van der Waals surface area contributed by atoms with E-state index in [4.69, 9.17) is 9.57 Å². The van der Waals surface area contributed by atoms with E-state index in [0.29, 0.717) is 25.6 Å². The van der Waals surface area contributed by atoms with Crippen LogP contribution in [0.5, 0.6) is 5.75 Å². The average Bonchev–Trinajstić information content (AvgIpc) is 3.41. The minimum atomic E-state index is -0.950. The van der Waals surface area contributed by atoms with E-state index in [1.165, 1.54) is 11.8 Å². The summed E-state index contributed by atoms with van der Waals surface area (Å²) in [4.78, 5) is 16.9. The lowest BCUT2D eigenvalue weighted by Crippen LogP contribution is -2.18. The number of aromatic nitrogens is 2. The fourth-order valence-electron chi connectivity index (χ4n) is 3.91. The van der Waals surface area contributed by atoms with Crippen LogP contribution in [0.25, 0.3) is 5.69 Å². The maximum atomic E-state index is 11.7. The molecule has 0 aliphatic heterocycles. The van der Waals surface area contributed by atoms with E-state index < -0.39 is 11.9 Å². The first-order valence-electron chi connectivity index (χ1n) is 12.8. The third kappa shape index (κ3) is 7.80. The van der Waals surface area contributed by atoms with Crippen LogP contribution in [0.2, 0.25) is 0 Å². The second-order valence-electron chi connectivity index (χ2n) is 9.44. The summed E-state index contributed by atoms with van der Waals surface area (Å²) >= 11 is 0. The van der Waals surface area contributed by atoms with E-state index in [1.807, 2.05) is 71.7 Å². The van der Waals surface area contributed by atoms with E-state index in [1.54, 1.807) is 0 Å². The number of ether oxygens (including phenoxy) is 1. The number of aliphatic carboxylic acids is 1. The van der Waals surface area contributed by atoms with Crippen LogP contribution in [0.3, 0.4) is 0 Å². The Morgan fingerprint density at radius 2 is 1.71 bits per heavy atom. The number of benzene rings is 3. The summed E-state index contributed by atoms with van der Waals surface area (Å²) in [5, 5.41) is 17.9. The van der Waals surface area contributed by atoms with Crippen LogP contribution >= 0.6 is 0 Å². The molecule has 0 spiro atoms. The quantitative estimate of drug-likeness (QED) is 0.174. The van der Waals surface area contributed by atoms with Crippen LogP contribution < -0.4 is 4.74 Å². The monoisotopic (exact) mass is 511 g/mol. The summed E-state index contributed by atoms with van der Waals surface area (Å²) in [6, 6.07) is 25.5. The molecule has 4 aromatic rings. The fourth-order valence-corrected chi connectivity index (χ4v) is 3.91. The summed E-state index contributed by atoms with van der Waals surface area (Å²) < 4.78 is 7.77. The van der Waals surface area contributed by atoms with Gasteiger partial charge in [-0.1, -0.05) is 73.6 Å². The van der Waals surface area contributed by atoms with Crippen molar-refractivity contribution in [2.45, 2.75) is 39.2 Å². The molecule has 196 valence electrons. The minimum absolute atomic E-state index is 0.294. The second-order valence-corrected chi connectivity index (χ2v) is 9.44. The van der Waals surface area contributed by atoms with E-state index in [9.17, 15) is 9.90 Å². The summed E-state index contributed by atoms with van der Waals surface area (Å²) in [7, 11) is 0. The Bertz CT molecular complexity index is 1310. The Morgan fingerprint density at radius 3 is 2.39 bits per heavy atom. The van der Waals surface area contributed by atoms with E-state index in [-0.39, 0.29) is 0 Å². The SMILES string of the molecule is CC(C)c1ccc(-n2cc(CCOc3ccc(CC(/C=N/OCc4ccccc4)C(=O)O)cc3)cn2)cc1. The molecule has 1 N–H and O–H groups in total. The molecule has 7 nitrogen and oxygen atoms in total. The third-order valence-electron chi connectivity index (χ3n) is 6.21. The standard InChI is InChI=1S/C31H33N3O4/c1-23(2)27-10-12-29(13-11-27)34-21-26(19-32-34)16-17-37-30-14-8-24(9-15-30)18-28(31(35)36)20-33-38-22-25-6-4-3-5-7-25/h3-15,19-21,23,28H,16-18,22H2,1-2H3,(H,35,36)/b33-20+. The molecule has 0 saturated heterocycles. The zero-order chi connectivity index (χ0) is 26.7. The molecule has 1 unspecified atom stereocenters. The summed E-state index contributed by atoms with van der Waals surface area (Å²) in [5.41, 5.74) is 5.28. The predicted molar refractivity (Wildman–Crippen MR) is 148 cm³/mol. The van der Waals surface area contributed by atoms with Gasteiger partial charge in [0.15, 0.2) is 0 Å². The van der Waals surface area contributed by atoms with Gasteiger partial charge in [-0.2, -0.15) is 5.10 Å². The van der Waals surface area contributed by atoms with Gasteiger partial charge in [-0.05, 0) is 58.9 Å². The van der Waals surface area contributed by atoms with Crippen molar-refractivity contribution in [1.29, 1.82) is 0 Å². The van der Waals surface area contributed by atoms with Gasteiger partial charge in [0.05, 0.1) is 30.6 Å². The summed E-state index contributed by atoms with van der Waals surface area (Å²) in [6.45, 7) is 5.17. The van der Waals surface area contributed by atoms with Gasteiger partial charge in [0.2, 0.25) is 0 Å². The van der Waals surface area contributed by atoms with Crippen molar-refractivity contribution in [2.24, 2.45) is 11.1 Å². The Labute approximate surface area is 223 Å². The van der Waals surface area contributed by atoms with Gasteiger partial charge in [0.1, 0.15) is 12.4 Å². The van der Waals surface area contributed by atoms with E-state index in [0.717, 1.165) is 34.5 Å². The van der Waals surface area contributed by atoms with Gasteiger partial charge < -0.3 is 14.7 Å². The van der Waals surface area contributed by atoms with Crippen molar-refractivity contribution in [3.05, 3.63) is 114 Å². The molecule has 7 heteroatoms. The molecule has 0 radical (unpaired) electrons. The van der Waals surface area contributed by atoms with Crippen molar-refractivity contribution in [1.82, 2.24) is 9.78 Å². The topological polar surface area (TPSA) is 85.9 Å². The Hall–Kier alpha value is -4.39. The van der Waals surface area contributed by atoms with Crippen molar-refractivity contribution in [3.8, 4) is 11.4 Å². The molecular formula is C31H33N3O4. The molecule has 1 atom stereocenters. The average molecular weight is 512 g/mol. The van der Waals surface area contributed by atoms with Crippen LogP contribution in [0.4, 0.5) is 0 Å². The third-order valence-corrected chi connectivity index (χ3v) is 6.21. The van der Waals surface area contributed by atoms with Crippen molar-refractivity contribution in [3.63, 3.8) is 0 Å².